The second-order valence-corrected chi connectivity index (χ2v) is 12.7. The van der Waals surface area contributed by atoms with E-state index in [9.17, 15) is 10.1 Å². The largest absolute Gasteiger partial charge is 0.389 e. The van der Waals surface area contributed by atoms with Gasteiger partial charge in [0.25, 0.3) is 0 Å². The first-order valence-electron chi connectivity index (χ1n) is 15.0. The molecular weight excluding hydrogens is 565 g/mol. The van der Waals surface area contributed by atoms with E-state index < -0.39 is 5.82 Å². The third kappa shape index (κ3) is 4.46. The molecule has 1 amide bonds. The molecule has 3 N–H and O–H groups in total. The molecule has 3 aliphatic rings. The van der Waals surface area contributed by atoms with E-state index in [1.165, 1.54) is 6.07 Å². The lowest BCUT2D eigenvalue weighted by Crippen LogP contribution is -2.45. The van der Waals surface area contributed by atoms with E-state index in [2.05, 4.69) is 23.2 Å². The zero-order valence-electron chi connectivity index (χ0n) is 24.4. The number of rotatable bonds is 6. The molecule has 9 nitrogen and oxygen atoms in total. The van der Waals surface area contributed by atoms with Crippen LogP contribution in [0.5, 0.6) is 0 Å². The van der Waals surface area contributed by atoms with E-state index in [1.807, 2.05) is 7.05 Å². The van der Waals surface area contributed by atoms with E-state index in [4.69, 9.17) is 20.4 Å². The molecule has 2 fully saturated rings. The topological polar surface area (TPSA) is 120 Å². The molecule has 3 aliphatic heterocycles. The molecule has 0 aliphatic carbocycles. The van der Waals surface area contributed by atoms with Crippen LogP contribution >= 0.6 is 11.3 Å². The predicted octanol–water partition coefficient (Wildman–Crippen LogP) is 5.72. The van der Waals surface area contributed by atoms with Gasteiger partial charge in [-0.1, -0.05) is 19.4 Å². The fraction of sp³-hybridized carbons (Fsp3) is 0.438. The highest BCUT2D eigenvalue weighted by molar-refractivity contribution is 7.23. The summed E-state index contributed by atoms with van der Waals surface area (Å²) in [4.78, 5) is 27.5. The number of amides is 1. The summed E-state index contributed by atoms with van der Waals surface area (Å²) in [5, 5.41) is 15.3. The van der Waals surface area contributed by atoms with Crippen molar-refractivity contribution in [2.45, 2.75) is 64.7 Å². The normalized spacial score (nSPS) is 18.6. The number of thiophene rings is 1. The number of likely N-dealkylation sites (tertiary alicyclic amines) is 1. The maximum Gasteiger partial charge on any atom is 0.244 e. The molecule has 11 heteroatoms. The number of hydrogen-bond donors (Lipinski definition) is 2. The number of nitriles is 1. The number of anilines is 3. The Morgan fingerprint density at radius 2 is 1.95 bits per heavy atom. The van der Waals surface area contributed by atoms with Gasteiger partial charge in [0.15, 0.2) is 0 Å². The Morgan fingerprint density at radius 1 is 1.16 bits per heavy atom. The van der Waals surface area contributed by atoms with Crippen LogP contribution in [0.25, 0.3) is 32.1 Å². The van der Waals surface area contributed by atoms with Gasteiger partial charge in [-0.15, -0.1) is 11.3 Å². The molecule has 1 unspecified atom stereocenters. The number of nitrogens with two attached hydrogens (primary N) is 1. The summed E-state index contributed by atoms with van der Waals surface area (Å²) in [6.45, 7) is 5.36. The molecule has 43 heavy (non-hydrogen) atoms. The average Bonchev–Trinajstić information content (AvgIpc) is 3.77. The standard InChI is InChI=1S/C32H34FN7O2S/c1-3-7-18-24(17-9-10-22(33)28-25(17)19(14-34)29(35)43-28)20-15-42-16-21(20)26-27(18)37-32(40-12-4-5-13-40)38-30(26)36-23-8-6-11-39(2)31(23)41/h9-10,23H,3-8,11-13,15-16,35H2,1-2H3,(H,36,37,38). The van der Waals surface area contributed by atoms with Crippen molar-refractivity contribution in [2.24, 2.45) is 0 Å². The number of nitrogens with zero attached hydrogens (tertiary/aromatic N) is 5. The summed E-state index contributed by atoms with van der Waals surface area (Å²) in [5.41, 5.74) is 12.0. The van der Waals surface area contributed by atoms with Gasteiger partial charge in [0.1, 0.15) is 28.7 Å². The van der Waals surface area contributed by atoms with Gasteiger partial charge in [-0.2, -0.15) is 10.2 Å². The number of nitrogens with one attached hydrogen (secondary N) is 1. The predicted molar refractivity (Wildman–Crippen MR) is 168 cm³/mol. The molecule has 0 spiro atoms. The van der Waals surface area contributed by atoms with E-state index in [0.29, 0.717) is 52.1 Å². The summed E-state index contributed by atoms with van der Waals surface area (Å²) < 4.78 is 21.6. The van der Waals surface area contributed by atoms with Crippen LogP contribution < -0.4 is 16.0 Å². The molecule has 2 aromatic heterocycles. The molecule has 4 aromatic rings. The van der Waals surface area contributed by atoms with Gasteiger partial charge in [-0.3, -0.25) is 4.79 Å². The minimum absolute atomic E-state index is 0.0619. The van der Waals surface area contributed by atoms with Crippen molar-refractivity contribution >= 4 is 55.0 Å². The lowest BCUT2D eigenvalue weighted by molar-refractivity contribution is -0.132. The van der Waals surface area contributed by atoms with Crippen molar-refractivity contribution in [2.75, 3.05) is 42.6 Å². The summed E-state index contributed by atoms with van der Waals surface area (Å²) in [5.74, 6) is 0.975. The van der Waals surface area contributed by atoms with Crippen LogP contribution in [-0.4, -0.2) is 53.5 Å². The van der Waals surface area contributed by atoms with Crippen LogP contribution in [0, 0.1) is 17.1 Å². The van der Waals surface area contributed by atoms with Gasteiger partial charge in [0.05, 0.1) is 29.0 Å². The van der Waals surface area contributed by atoms with Crippen LogP contribution in [0.1, 0.15) is 61.3 Å². The highest BCUT2D eigenvalue weighted by Crippen LogP contribution is 2.48. The van der Waals surface area contributed by atoms with Crippen LogP contribution in [0.2, 0.25) is 0 Å². The number of ether oxygens (including phenoxy) is 1. The van der Waals surface area contributed by atoms with Gasteiger partial charge in [-0.25, -0.2) is 9.37 Å². The number of likely N-dealkylation sites (N-methyl/N-ethyl adjacent to an activating group) is 1. The molecule has 1 atom stereocenters. The Bertz CT molecular complexity index is 1830. The summed E-state index contributed by atoms with van der Waals surface area (Å²) >= 11 is 1.11. The van der Waals surface area contributed by atoms with E-state index in [1.54, 1.807) is 11.0 Å². The minimum Gasteiger partial charge on any atom is -0.389 e. The van der Waals surface area contributed by atoms with Crippen molar-refractivity contribution in [1.29, 1.82) is 5.26 Å². The first-order chi connectivity index (χ1) is 20.9. The van der Waals surface area contributed by atoms with E-state index in [0.717, 1.165) is 102 Å². The average molecular weight is 600 g/mol. The highest BCUT2D eigenvalue weighted by atomic mass is 32.1. The third-order valence-corrected chi connectivity index (χ3v) is 10.0. The Hall–Kier alpha value is -4.01. The van der Waals surface area contributed by atoms with Crippen molar-refractivity contribution < 1.29 is 13.9 Å². The molecule has 7 rings (SSSR count). The number of benzene rings is 2. The zero-order chi connectivity index (χ0) is 29.8. The lowest BCUT2D eigenvalue weighted by Gasteiger charge is -2.31. The number of nitrogen functional groups attached to an aromatic ring is 1. The first kappa shape index (κ1) is 27.8. The molecule has 222 valence electrons. The van der Waals surface area contributed by atoms with Gasteiger partial charge in [0.2, 0.25) is 11.9 Å². The maximum atomic E-state index is 15.1. The van der Waals surface area contributed by atoms with Crippen molar-refractivity contribution in [1.82, 2.24) is 14.9 Å². The molecule has 5 heterocycles. The van der Waals surface area contributed by atoms with Crippen LogP contribution in [0.3, 0.4) is 0 Å². The SMILES string of the molecule is CCCc1c(-c2ccc(F)c3sc(N)c(C#N)c23)c2c(c3c(NC4CCCN(C)C4=O)nc(N4CCCC4)nc13)COC2. The van der Waals surface area contributed by atoms with Crippen LogP contribution in [0.4, 0.5) is 21.2 Å². The van der Waals surface area contributed by atoms with E-state index >= 15 is 4.39 Å². The second kappa shape index (κ2) is 10.9. The number of aromatic nitrogens is 2. The van der Waals surface area contributed by atoms with Crippen molar-refractivity contribution in [3.63, 3.8) is 0 Å². The number of aryl methyl sites for hydroxylation is 1. The number of carbonyl (C=O) groups excluding carboxylic acids is 1. The maximum absolute atomic E-state index is 15.1. The number of fused-ring (bicyclic) bond motifs is 4. The third-order valence-electron chi connectivity index (χ3n) is 9.01. The minimum atomic E-state index is -0.394. The molecule has 2 aromatic carbocycles. The summed E-state index contributed by atoms with van der Waals surface area (Å²) in [7, 11) is 1.84. The summed E-state index contributed by atoms with van der Waals surface area (Å²) in [6.07, 6.45) is 5.36. The molecule has 0 saturated carbocycles. The zero-order valence-corrected chi connectivity index (χ0v) is 25.2. The molecule has 0 radical (unpaired) electrons. The Kier molecular flexibility index (Phi) is 7.06. The number of hydrogen-bond acceptors (Lipinski definition) is 9. The molecule has 2 saturated heterocycles. The monoisotopic (exact) mass is 599 g/mol. The fourth-order valence-corrected chi connectivity index (χ4v) is 7.90. The lowest BCUT2D eigenvalue weighted by atomic mass is 9.85. The summed E-state index contributed by atoms with van der Waals surface area (Å²) in [6, 6.07) is 5.08. The van der Waals surface area contributed by atoms with Gasteiger partial charge in [0, 0.05) is 37.5 Å². The molecular formula is C32H34FN7O2S. The second-order valence-electron chi connectivity index (χ2n) is 11.7. The number of piperidine rings is 1. The smallest absolute Gasteiger partial charge is 0.244 e. The Labute approximate surface area is 253 Å². The number of halogens is 1. The Balaban J connectivity index is 1.55. The van der Waals surface area contributed by atoms with Gasteiger partial charge < -0.3 is 25.6 Å². The van der Waals surface area contributed by atoms with E-state index in [-0.39, 0.29) is 11.9 Å². The van der Waals surface area contributed by atoms with Gasteiger partial charge >= 0.3 is 0 Å². The molecule has 0 bridgehead atoms. The fourth-order valence-electron chi connectivity index (χ4n) is 6.95. The van der Waals surface area contributed by atoms with Crippen LogP contribution in [-0.2, 0) is 29.2 Å². The first-order valence-corrected chi connectivity index (χ1v) is 15.9. The number of carbonyl (C=O) groups is 1. The van der Waals surface area contributed by atoms with Crippen molar-refractivity contribution in [3.05, 3.63) is 40.2 Å². The highest BCUT2D eigenvalue weighted by Gasteiger charge is 2.33. The van der Waals surface area contributed by atoms with Crippen LogP contribution in [0.15, 0.2) is 12.1 Å². The quantitative estimate of drug-likeness (QED) is 0.289. The van der Waals surface area contributed by atoms with Crippen molar-refractivity contribution in [3.8, 4) is 17.2 Å². The van der Waals surface area contributed by atoms with Gasteiger partial charge in [-0.05, 0) is 66.0 Å². The Morgan fingerprint density at radius 3 is 2.72 bits per heavy atom.